The van der Waals surface area contributed by atoms with Crippen molar-refractivity contribution in [1.29, 1.82) is 0 Å². The van der Waals surface area contributed by atoms with Crippen LogP contribution in [0.1, 0.15) is 60.3 Å². The Kier molecular flexibility index (Phi) is 8.28. The van der Waals surface area contributed by atoms with Gasteiger partial charge in [-0.3, -0.25) is 9.69 Å². The second-order valence-corrected chi connectivity index (χ2v) is 7.95. The summed E-state index contributed by atoms with van der Waals surface area (Å²) < 4.78 is 24.4. The lowest BCUT2D eigenvalue weighted by molar-refractivity contribution is -0.116. The zero-order valence-electron chi connectivity index (χ0n) is 17.5. The molecule has 0 aromatic heterocycles. The minimum Gasteiger partial charge on any atom is -0.453 e. The number of amides is 2. The minimum absolute atomic E-state index is 0.0849. The number of halogens is 1. The summed E-state index contributed by atoms with van der Waals surface area (Å²) in [4.78, 5) is 39.4. The zero-order chi connectivity index (χ0) is 21.6. The van der Waals surface area contributed by atoms with E-state index in [1.807, 2.05) is 6.92 Å². The lowest BCUT2D eigenvalue weighted by Gasteiger charge is -2.47. The fourth-order valence-electron chi connectivity index (χ4n) is 3.60. The fourth-order valence-corrected chi connectivity index (χ4v) is 3.60. The van der Waals surface area contributed by atoms with E-state index in [9.17, 15) is 18.8 Å². The number of methoxy groups -OCH3 is 1. The van der Waals surface area contributed by atoms with Gasteiger partial charge in [0.05, 0.1) is 7.11 Å². The van der Waals surface area contributed by atoms with Gasteiger partial charge in [-0.05, 0) is 52.9 Å². The Morgan fingerprint density at radius 2 is 1.86 bits per heavy atom. The monoisotopic (exact) mass is 398 g/mol. The van der Waals surface area contributed by atoms with Gasteiger partial charge in [0, 0.05) is 24.5 Å². The van der Waals surface area contributed by atoms with Crippen molar-refractivity contribution in [2.24, 2.45) is 0 Å². The number of ketones is 1. The number of rotatable bonds is 5. The maximum absolute atomic E-state index is 14.2. The number of carbonyl (C=O) groups excluding carboxylic acids is 3. The highest BCUT2D eigenvalue weighted by Gasteiger charge is 2.44. The molecule has 0 radical (unpaired) electrons. The number of alkyl halides is 1. The number of hydrogen-bond donors (Lipinski definition) is 0. The second kappa shape index (κ2) is 9.76. The van der Waals surface area contributed by atoms with Gasteiger partial charge in [0.25, 0.3) is 0 Å². The van der Waals surface area contributed by atoms with Crippen molar-refractivity contribution >= 4 is 18.0 Å². The van der Waals surface area contributed by atoms with Crippen molar-refractivity contribution in [1.82, 2.24) is 9.80 Å². The van der Waals surface area contributed by atoms with Gasteiger partial charge in [0.15, 0.2) is 6.30 Å². The molecule has 0 aromatic carbocycles. The summed E-state index contributed by atoms with van der Waals surface area (Å²) in [6.45, 7) is 8.39. The third kappa shape index (κ3) is 6.11. The van der Waals surface area contributed by atoms with Gasteiger partial charge in [-0.15, -0.1) is 6.42 Å². The maximum Gasteiger partial charge on any atom is 0.412 e. The Bertz CT molecular complexity index is 623. The van der Waals surface area contributed by atoms with Crippen LogP contribution in [0.4, 0.5) is 14.0 Å². The van der Waals surface area contributed by atoms with Gasteiger partial charge in [-0.1, -0.05) is 6.92 Å². The minimum atomic E-state index is -1.58. The molecule has 1 fully saturated rings. The topological polar surface area (TPSA) is 76.2 Å². The first-order chi connectivity index (χ1) is 12.9. The summed E-state index contributed by atoms with van der Waals surface area (Å²) in [6.07, 6.45) is 3.31. The molecule has 1 aliphatic heterocycles. The Balaban J connectivity index is 3.24. The largest absolute Gasteiger partial charge is 0.453 e. The molecular weight excluding hydrogens is 367 g/mol. The number of hydrogen-bond acceptors (Lipinski definition) is 5. The van der Waals surface area contributed by atoms with Crippen LogP contribution < -0.4 is 0 Å². The Hall–Kier alpha value is -2.30. The van der Waals surface area contributed by atoms with Crippen LogP contribution in [0.15, 0.2) is 0 Å². The van der Waals surface area contributed by atoms with Crippen molar-refractivity contribution in [3.8, 4) is 12.3 Å². The van der Waals surface area contributed by atoms with E-state index in [1.54, 1.807) is 20.8 Å². The van der Waals surface area contributed by atoms with Crippen LogP contribution in [0.25, 0.3) is 0 Å². The molecule has 0 bridgehead atoms. The van der Waals surface area contributed by atoms with Crippen molar-refractivity contribution in [3.63, 3.8) is 0 Å². The van der Waals surface area contributed by atoms with Crippen molar-refractivity contribution in [3.05, 3.63) is 0 Å². The molecule has 4 atom stereocenters. The van der Waals surface area contributed by atoms with Crippen LogP contribution >= 0.6 is 0 Å². The molecule has 1 rings (SSSR count). The first-order valence-corrected chi connectivity index (χ1v) is 9.46. The van der Waals surface area contributed by atoms with Crippen LogP contribution in [-0.2, 0) is 14.3 Å². The van der Waals surface area contributed by atoms with E-state index >= 15 is 0 Å². The summed E-state index contributed by atoms with van der Waals surface area (Å²) in [7, 11) is 1.18. The molecule has 28 heavy (non-hydrogen) atoms. The third-order valence-corrected chi connectivity index (χ3v) is 4.69. The highest BCUT2D eigenvalue weighted by Crippen LogP contribution is 2.33. The van der Waals surface area contributed by atoms with Crippen LogP contribution in [0.5, 0.6) is 0 Å². The number of nitrogens with zero attached hydrogens (tertiary/aromatic N) is 2. The SMILES string of the molecule is C#CC(=O)C[C@H]1C[C@@H](N(C(=O)OC)C(C)F)C[C@@H](CC)N1C(=O)OC(C)(C)C. The average molecular weight is 398 g/mol. The summed E-state index contributed by atoms with van der Waals surface area (Å²) in [6, 6.07) is -1.48. The Labute approximate surface area is 166 Å². The smallest absolute Gasteiger partial charge is 0.412 e. The molecule has 0 aliphatic carbocycles. The van der Waals surface area contributed by atoms with Crippen molar-refractivity contribution in [2.45, 2.75) is 90.3 Å². The predicted molar refractivity (Wildman–Crippen MR) is 102 cm³/mol. The first kappa shape index (κ1) is 23.7. The quantitative estimate of drug-likeness (QED) is 0.402. The number of piperidine rings is 1. The summed E-state index contributed by atoms with van der Waals surface area (Å²) in [5, 5.41) is 0. The van der Waals surface area contributed by atoms with Crippen LogP contribution in [-0.4, -0.2) is 64.9 Å². The second-order valence-electron chi connectivity index (χ2n) is 7.95. The molecule has 1 heterocycles. The van der Waals surface area contributed by atoms with Gasteiger partial charge in [0.2, 0.25) is 5.78 Å². The standard InChI is InChI=1S/C20H31FN2O5/c1-8-14-10-15(22(13(3)21)18(25)27-7)11-16(12-17(24)9-2)23(14)19(26)28-20(4,5)6/h2,13-16H,8,10-12H2,1,3-7H3/t13?,14-,15+,16-/m1/s1. The molecule has 0 N–H and O–H groups in total. The van der Waals surface area contributed by atoms with Gasteiger partial charge >= 0.3 is 12.2 Å². The first-order valence-electron chi connectivity index (χ1n) is 9.46. The normalized spacial score (nSPS) is 23.4. The number of likely N-dealkylation sites (tertiary alicyclic amines) is 1. The van der Waals surface area contributed by atoms with Gasteiger partial charge in [-0.2, -0.15) is 0 Å². The van der Waals surface area contributed by atoms with E-state index in [2.05, 4.69) is 5.92 Å². The molecule has 7 nitrogen and oxygen atoms in total. The van der Waals surface area contributed by atoms with E-state index in [0.29, 0.717) is 12.8 Å². The molecule has 8 heteroatoms. The van der Waals surface area contributed by atoms with Crippen molar-refractivity contribution < 1.29 is 28.2 Å². The highest BCUT2D eigenvalue weighted by molar-refractivity contribution is 5.95. The van der Waals surface area contributed by atoms with E-state index in [0.717, 1.165) is 4.90 Å². The van der Waals surface area contributed by atoms with Crippen LogP contribution in [0.2, 0.25) is 0 Å². The molecule has 1 saturated heterocycles. The Morgan fingerprint density at radius 3 is 2.29 bits per heavy atom. The summed E-state index contributed by atoms with van der Waals surface area (Å²) in [5.74, 6) is 1.59. The summed E-state index contributed by atoms with van der Waals surface area (Å²) >= 11 is 0. The molecule has 2 amide bonds. The predicted octanol–water partition coefficient (Wildman–Crippen LogP) is 3.51. The van der Waals surface area contributed by atoms with Gasteiger partial charge < -0.3 is 14.4 Å². The zero-order valence-corrected chi connectivity index (χ0v) is 17.5. The van der Waals surface area contributed by atoms with Gasteiger partial charge in [-0.25, -0.2) is 14.0 Å². The van der Waals surface area contributed by atoms with Crippen LogP contribution in [0.3, 0.4) is 0 Å². The molecule has 1 aliphatic rings. The highest BCUT2D eigenvalue weighted by atomic mass is 19.1. The van der Waals surface area contributed by atoms with E-state index in [-0.39, 0.29) is 18.9 Å². The molecule has 0 aromatic rings. The van der Waals surface area contributed by atoms with Crippen LogP contribution in [0, 0.1) is 12.3 Å². The third-order valence-electron chi connectivity index (χ3n) is 4.69. The molecule has 1 unspecified atom stereocenters. The Morgan fingerprint density at radius 1 is 1.29 bits per heavy atom. The van der Waals surface area contributed by atoms with E-state index in [4.69, 9.17) is 15.9 Å². The number of terminal acetylenes is 1. The molecule has 158 valence electrons. The number of Topliss-reactive ketones (excluding diaryl/α,β-unsaturated/α-hetero) is 1. The van der Waals surface area contributed by atoms with Gasteiger partial charge in [0.1, 0.15) is 5.60 Å². The van der Waals surface area contributed by atoms with Crippen molar-refractivity contribution in [2.75, 3.05) is 7.11 Å². The lowest BCUT2D eigenvalue weighted by atomic mass is 9.87. The fraction of sp³-hybridized carbons (Fsp3) is 0.750. The molecule has 0 spiro atoms. The number of ether oxygens (including phenoxy) is 2. The maximum atomic E-state index is 14.2. The lowest BCUT2D eigenvalue weighted by Crippen LogP contribution is -2.59. The molecular formula is C20H31FN2O5. The molecule has 0 saturated carbocycles. The summed E-state index contributed by atoms with van der Waals surface area (Å²) in [5.41, 5.74) is -0.710. The van der Waals surface area contributed by atoms with E-state index in [1.165, 1.54) is 18.9 Å². The van der Waals surface area contributed by atoms with E-state index < -0.39 is 42.0 Å². The average Bonchev–Trinajstić information content (AvgIpc) is 2.58. The number of carbonyl (C=O) groups is 3.